The zero-order valence-corrected chi connectivity index (χ0v) is 19.0. The van der Waals surface area contributed by atoms with E-state index in [1.54, 1.807) is 0 Å². The van der Waals surface area contributed by atoms with Crippen LogP contribution in [0.5, 0.6) is 0 Å². The fourth-order valence-corrected chi connectivity index (χ4v) is 3.49. The summed E-state index contributed by atoms with van der Waals surface area (Å²) in [6.07, 6.45) is 23.1. The average Bonchev–Trinajstić information content (AvgIpc) is 2.70. The number of aliphatic hydroxyl groups is 1. The van der Waals surface area contributed by atoms with E-state index < -0.39 is 5.97 Å². The Bertz CT molecular complexity index is 381. The first-order valence-corrected chi connectivity index (χ1v) is 12.1. The van der Waals surface area contributed by atoms with Crippen LogP contribution in [0.3, 0.4) is 0 Å². The van der Waals surface area contributed by atoms with Gasteiger partial charge in [-0.1, -0.05) is 76.9 Å². The van der Waals surface area contributed by atoms with E-state index in [2.05, 4.69) is 29.3 Å². The summed E-state index contributed by atoms with van der Waals surface area (Å²) in [5.74, 6) is -0.827. The Morgan fingerprint density at radius 1 is 0.800 bits per heavy atom. The number of aliphatic carboxylic acids is 1. The summed E-state index contributed by atoms with van der Waals surface area (Å²) in [7, 11) is 0. The molecule has 0 heterocycles. The number of aliphatic hydroxyl groups excluding tert-OH is 1. The summed E-state index contributed by atoms with van der Waals surface area (Å²) in [4.78, 5) is 12.7. The Kier molecular flexibility index (Phi) is 29.2. The van der Waals surface area contributed by atoms with Crippen LogP contribution >= 0.6 is 0 Å². The van der Waals surface area contributed by atoms with Gasteiger partial charge >= 0.3 is 35.5 Å². The van der Waals surface area contributed by atoms with Crippen molar-refractivity contribution < 1.29 is 15.0 Å². The van der Waals surface area contributed by atoms with E-state index in [-0.39, 0.29) is 42.7 Å². The van der Waals surface area contributed by atoms with Gasteiger partial charge in [-0.2, -0.15) is 0 Å². The van der Waals surface area contributed by atoms with Crippen LogP contribution in [-0.2, 0) is 4.79 Å². The topological polar surface area (TPSA) is 72.8 Å². The van der Waals surface area contributed by atoms with Gasteiger partial charge in [0.15, 0.2) is 0 Å². The average molecular weight is 437 g/mol. The number of nitrogens with zero attached hydrogens (tertiary/aromatic N) is 1. The molecule has 0 amide bonds. The van der Waals surface area contributed by atoms with Gasteiger partial charge < -0.3 is 15.5 Å². The molecule has 174 valence electrons. The molecule has 0 unspecified atom stereocenters. The van der Waals surface area contributed by atoms with Crippen LogP contribution in [0.1, 0.15) is 96.8 Å². The van der Waals surface area contributed by atoms with Crippen molar-refractivity contribution in [1.29, 1.82) is 0 Å². The minimum absolute atomic E-state index is 0. The molecule has 0 saturated carbocycles. The summed E-state index contributed by atoms with van der Waals surface area (Å²) >= 11 is 0. The van der Waals surface area contributed by atoms with Crippen molar-refractivity contribution in [3.8, 4) is 0 Å². The van der Waals surface area contributed by atoms with Gasteiger partial charge in [-0.3, -0.25) is 9.69 Å². The number of unbranched alkanes of at least 4 members (excludes halogenated alkanes) is 12. The number of hydrogen-bond donors (Lipinski definition) is 3. The zero-order valence-electron chi connectivity index (χ0n) is 19.0. The fraction of sp³-hybridized carbons (Fsp3) is 0.875. The summed E-state index contributed by atoms with van der Waals surface area (Å²) in [6.45, 7) is 5.52. The molecule has 0 aromatic heterocycles. The first-order valence-electron chi connectivity index (χ1n) is 12.1. The maximum absolute atomic E-state index is 10.5. The molecule has 3 N–H and O–H groups in total. The van der Waals surface area contributed by atoms with E-state index in [1.807, 2.05) is 0 Å². The normalized spacial score (nSPS) is 11.3. The van der Waals surface area contributed by atoms with E-state index in [1.165, 1.54) is 83.5 Å². The van der Waals surface area contributed by atoms with E-state index in [9.17, 15) is 4.79 Å². The molecule has 5 nitrogen and oxygen atoms in total. The van der Waals surface area contributed by atoms with Crippen LogP contribution in [0.2, 0.25) is 0 Å². The molecule has 0 bridgehead atoms. The molecule has 0 rings (SSSR count). The van der Waals surface area contributed by atoms with Gasteiger partial charge in [0.25, 0.3) is 0 Å². The van der Waals surface area contributed by atoms with Gasteiger partial charge in [-0.25, -0.2) is 0 Å². The second kappa shape index (κ2) is 27.1. The molecule has 0 aliphatic heterocycles. The van der Waals surface area contributed by atoms with E-state index in [0.717, 1.165) is 19.5 Å². The van der Waals surface area contributed by atoms with Gasteiger partial charge in [0.05, 0.1) is 13.2 Å². The number of hydrogen-bond acceptors (Lipinski definition) is 4. The van der Waals surface area contributed by atoms with Crippen molar-refractivity contribution >= 4 is 35.5 Å². The third kappa shape index (κ3) is 26.1. The van der Waals surface area contributed by atoms with Crippen molar-refractivity contribution in [3.05, 3.63) is 12.2 Å². The van der Waals surface area contributed by atoms with Crippen molar-refractivity contribution in [2.24, 2.45) is 0 Å². The van der Waals surface area contributed by atoms with E-state index in [4.69, 9.17) is 10.2 Å². The summed E-state index contributed by atoms with van der Waals surface area (Å²) < 4.78 is 0. The van der Waals surface area contributed by atoms with E-state index >= 15 is 0 Å². The van der Waals surface area contributed by atoms with Gasteiger partial charge in [-0.15, -0.1) is 0 Å². The van der Waals surface area contributed by atoms with Crippen molar-refractivity contribution in [3.63, 3.8) is 0 Å². The number of carbonyl (C=O) groups is 1. The molecule has 6 heteroatoms. The van der Waals surface area contributed by atoms with Crippen molar-refractivity contribution in [2.45, 2.75) is 96.8 Å². The second-order valence-electron chi connectivity index (χ2n) is 8.07. The Hall–Kier alpha value is 0.0900. The SMILES string of the molecule is CCCCCCCC/C=C\CCCCCCCCN(CCO)CCNCC(=O)O.[NaH]. The molecule has 0 aromatic rings. The van der Waals surface area contributed by atoms with E-state index in [0.29, 0.717) is 13.1 Å². The van der Waals surface area contributed by atoms with Gasteiger partial charge in [-0.05, 0) is 38.6 Å². The minimum atomic E-state index is -0.827. The number of carboxylic acid groups (broad SMARTS) is 1. The third-order valence-corrected chi connectivity index (χ3v) is 5.28. The molecular formula is C24H49N2NaO3. The van der Waals surface area contributed by atoms with Crippen LogP contribution < -0.4 is 5.32 Å². The van der Waals surface area contributed by atoms with Crippen LogP contribution in [0.25, 0.3) is 0 Å². The summed E-state index contributed by atoms with van der Waals surface area (Å²) in [6, 6.07) is 0. The van der Waals surface area contributed by atoms with Crippen LogP contribution in [0, 0.1) is 0 Å². The van der Waals surface area contributed by atoms with Crippen molar-refractivity contribution in [2.75, 3.05) is 39.3 Å². The molecule has 0 radical (unpaired) electrons. The Balaban J connectivity index is 0. The monoisotopic (exact) mass is 436 g/mol. The zero-order chi connectivity index (χ0) is 21.4. The van der Waals surface area contributed by atoms with Gasteiger partial charge in [0.1, 0.15) is 0 Å². The molecule has 0 saturated heterocycles. The molecule has 0 aromatic carbocycles. The number of rotatable bonds is 23. The Labute approximate surface area is 208 Å². The summed E-state index contributed by atoms with van der Waals surface area (Å²) in [5.41, 5.74) is 0. The van der Waals surface area contributed by atoms with Crippen LogP contribution in [-0.4, -0.2) is 90.0 Å². The number of carboxylic acids is 1. The molecule has 0 aliphatic rings. The molecule has 30 heavy (non-hydrogen) atoms. The van der Waals surface area contributed by atoms with Crippen LogP contribution in [0.4, 0.5) is 0 Å². The first-order chi connectivity index (χ1) is 14.2. The van der Waals surface area contributed by atoms with Gasteiger partial charge in [0.2, 0.25) is 0 Å². The predicted molar refractivity (Wildman–Crippen MR) is 131 cm³/mol. The van der Waals surface area contributed by atoms with Crippen LogP contribution in [0.15, 0.2) is 12.2 Å². The Morgan fingerprint density at radius 3 is 1.87 bits per heavy atom. The summed E-state index contributed by atoms with van der Waals surface area (Å²) in [5, 5.41) is 20.7. The third-order valence-electron chi connectivity index (χ3n) is 5.28. The maximum atomic E-state index is 10.5. The van der Waals surface area contributed by atoms with Crippen molar-refractivity contribution in [1.82, 2.24) is 10.2 Å². The fourth-order valence-electron chi connectivity index (χ4n) is 3.49. The molecule has 0 atom stereocenters. The number of nitrogens with one attached hydrogen (secondary N) is 1. The second-order valence-corrected chi connectivity index (χ2v) is 8.07. The Morgan fingerprint density at radius 2 is 1.33 bits per heavy atom. The number of allylic oxidation sites excluding steroid dienone is 2. The first kappa shape index (κ1) is 32.3. The predicted octanol–water partition coefficient (Wildman–Crippen LogP) is 4.34. The standard InChI is InChI=1S/C24H48N2O3.Na.H/c1-2-3-4-5-6-7-8-9-10-11-12-13-14-15-16-17-19-26(21-22-27)20-18-25-23-24(28)29;;/h9-10,25,27H,2-8,11-23H2,1H3,(H,28,29);;/b10-9-;;. The molecule has 0 fully saturated rings. The molecule has 0 aliphatic carbocycles. The quantitative estimate of drug-likeness (QED) is 0.126. The molecular weight excluding hydrogens is 387 g/mol. The molecule has 0 spiro atoms. The van der Waals surface area contributed by atoms with Gasteiger partial charge in [0, 0.05) is 19.6 Å².